The summed E-state index contributed by atoms with van der Waals surface area (Å²) in [6.45, 7) is 9.75. The Hall–Kier alpha value is -2.46. The molecule has 1 N–H and O–H groups in total. The molecule has 1 heterocycles. The molecule has 3 aliphatic rings. The number of carbonyl (C=O) groups excluding carboxylic acids is 2. The highest BCUT2D eigenvalue weighted by molar-refractivity contribution is 5.99. The molecule has 2 saturated carbocycles. The lowest BCUT2D eigenvalue weighted by atomic mass is 9.64. The van der Waals surface area contributed by atoms with Crippen LogP contribution in [0.1, 0.15) is 57.2 Å². The van der Waals surface area contributed by atoms with Crippen molar-refractivity contribution in [1.29, 1.82) is 0 Å². The number of hydrogen-bond donors (Lipinski definition) is 1. The zero-order chi connectivity index (χ0) is 22.6. The van der Waals surface area contributed by atoms with Crippen molar-refractivity contribution in [3.8, 4) is 0 Å². The van der Waals surface area contributed by atoms with Gasteiger partial charge in [-0.1, -0.05) is 81.4 Å². The minimum Gasteiger partial charge on any atom is -0.331 e. The molecule has 3 fully saturated rings. The van der Waals surface area contributed by atoms with E-state index in [2.05, 4.69) is 86.3 Å². The quantitative estimate of drug-likeness (QED) is 0.807. The van der Waals surface area contributed by atoms with Crippen LogP contribution in [0.5, 0.6) is 0 Å². The first-order valence-electron chi connectivity index (χ1n) is 12.1. The Labute approximate surface area is 191 Å². The minimum atomic E-state index is -0.505. The summed E-state index contributed by atoms with van der Waals surface area (Å²) in [4.78, 5) is 30.3. The summed E-state index contributed by atoms with van der Waals surface area (Å²) in [6, 6.07) is 21.7. The molecule has 32 heavy (non-hydrogen) atoms. The second-order valence-electron chi connectivity index (χ2n) is 10.8. The number of carbonyl (C=O) groups is 2. The summed E-state index contributed by atoms with van der Waals surface area (Å²) in [5, 5.41) is 0. The van der Waals surface area contributed by atoms with Crippen LogP contribution in [0, 0.1) is 16.2 Å². The highest BCUT2D eigenvalue weighted by Gasteiger charge is 2.73. The molecule has 4 heteroatoms. The average Bonchev–Trinajstić information content (AvgIpc) is 3.11. The molecule has 4 nitrogen and oxygen atoms in total. The molecule has 0 aromatic heterocycles. The van der Waals surface area contributed by atoms with E-state index < -0.39 is 5.41 Å². The van der Waals surface area contributed by atoms with E-state index in [9.17, 15) is 9.59 Å². The first-order valence-corrected chi connectivity index (χ1v) is 12.1. The van der Waals surface area contributed by atoms with Gasteiger partial charge in [-0.25, -0.2) is 0 Å². The van der Waals surface area contributed by atoms with E-state index in [4.69, 9.17) is 0 Å². The first kappa shape index (κ1) is 21.4. The Balaban J connectivity index is 1.36. The van der Waals surface area contributed by atoms with Gasteiger partial charge in [0, 0.05) is 23.0 Å². The number of ketones is 1. The lowest BCUT2D eigenvalue weighted by Gasteiger charge is -2.44. The van der Waals surface area contributed by atoms with Gasteiger partial charge in [0.25, 0.3) is 0 Å². The molecule has 2 aromatic carbocycles. The Morgan fingerprint density at radius 3 is 1.84 bits per heavy atom. The van der Waals surface area contributed by atoms with Crippen molar-refractivity contribution in [2.45, 2.75) is 46.1 Å². The van der Waals surface area contributed by atoms with E-state index in [-0.39, 0.29) is 22.8 Å². The number of benzene rings is 2. The van der Waals surface area contributed by atoms with Crippen LogP contribution in [0.15, 0.2) is 60.7 Å². The summed E-state index contributed by atoms with van der Waals surface area (Å²) in [5.41, 5.74) is 1.52. The second-order valence-corrected chi connectivity index (χ2v) is 10.8. The smallest absolute Gasteiger partial charge is 0.230 e. The number of quaternary nitrogens is 1. The SMILES string of the molecule is CC1(C)[C@@]2(C(=O)N3CC[NH+](C(c4ccccc4)c4ccccc4)CC3)CC[C@@]1(C)C(=O)C2. The van der Waals surface area contributed by atoms with Crippen molar-refractivity contribution < 1.29 is 14.5 Å². The minimum absolute atomic E-state index is 0.229. The summed E-state index contributed by atoms with van der Waals surface area (Å²) >= 11 is 0. The van der Waals surface area contributed by atoms with Crippen molar-refractivity contribution in [2.24, 2.45) is 16.2 Å². The molecule has 2 bridgehead atoms. The van der Waals surface area contributed by atoms with E-state index in [0.29, 0.717) is 12.2 Å². The standard InChI is InChI=1S/C28H34N2O2/c1-26(2)27(3)14-15-28(26,20-23(27)31)25(32)30-18-16-29(17-19-30)24(21-10-6-4-7-11-21)22-12-8-5-9-13-22/h4-13,24H,14-20H2,1-3H3/p+1/t27-,28-/m0/s1. The Morgan fingerprint density at radius 1 is 0.875 bits per heavy atom. The fourth-order valence-electron chi connectivity index (χ4n) is 6.88. The summed E-state index contributed by atoms with van der Waals surface area (Å²) in [7, 11) is 0. The fraction of sp³-hybridized carbons (Fsp3) is 0.500. The Morgan fingerprint density at radius 2 is 1.41 bits per heavy atom. The lowest BCUT2D eigenvalue weighted by Crippen LogP contribution is -3.15. The third kappa shape index (κ3) is 2.92. The Bertz CT molecular complexity index is 971. The van der Waals surface area contributed by atoms with Crippen LogP contribution in [-0.4, -0.2) is 42.8 Å². The van der Waals surface area contributed by atoms with Crippen LogP contribution in [-0.2, 0) is 9.59 Å². The number of piperazine rings is 1. The van der Waals surface area contributed by atoms with E-state index in [1.807, 2.05) is 0 Å². The van der Waals surface area contributed by atoms with Gasteiger partial charge >= 0.3 is 0 Å². The van der Waals surface area contributed by atoms with Gasteiger partial charge in [0.2, 0.25) is 5.91 Å². The molecule has 0 radical (unpaired) electrons. The number of rotatable bonds is 4. The van der Waals surface area contributed by atoms with Crippen LogP contribution in [0.3, 0.4) is 0 Å². The largest absolute Gasteiger partial charge is 0.331 e. The van der Waals surface area contributed by atoms with E-state index in [1.165, 1.54) is 16.0 Å². The summed E-state index contributed by atoms with van der Waals surface area (Å²) < 4.78 is 0. The molecule has 1 aliphatic heterocycles. The summed E-state index contributed by atoms with van der Waals surface area (Å²) in [5.74, 6) is 0.520. The highest BCUT2D eigenvalue weighted by atomic mass is 16.2. The molecule has 2 aliphatic carbocycles. The van der Waals surface area contributed by atoms with Gasteiger partial charge in [0.15, 0.2) is 0 Å². The molecular weight excluding hydrogens is 396 g/mol. The van der Waals surface area contributed by atoms with Gasteiger partial charge in [-0.2, -0.15) is 0 Å². The maximum atomic E-state index is 13.9. The van der Waals surface area contributed by atoms with Crippen LogP contribution >= 0.6 is 0 Å². The average molecular weight is 432 g/mol. The number of nitrogens with zero attached hydrogens (tertiary/aromatic N) is 1. The van der Waals surface area contributed by atoms with Crippen molar-refractivity contribution in [2.75, 3.05) is 26.2 Å². The van der Waals surface area contributed by atoms with E-state index in [1.54, 1.807) is 0 Å². The number of Topliss-reactive ketones (excluding diaryl/α,β-unsaturated/α-hetero) is 1. The van der Waals surface area contributed by atoms with Crippen molar-refractivity contribution in [3.05, 3.63) is 71.8 Å². The Kier molecular flexibility index (Phi) is 5.05. The number of hydrogen-bond acceptors (Lipinski definition) is 2. The van der Waals surface area contributed by atoms with E-state index >= 15 is 0 Å². The molecule has 1 saturated heterocycles. The topological polar surface area (TPSA) is 41.8 Å². The normalized spacial score (nSPS) is 29.6. The third-order valence-corrected chi connectivity index (χ3v) is 9.48. The molecule has 1 amide bonds. The summed E-state index contributed by atoms with van der Waals surface area (Å²) in [6.07, 6.45) is 2.13. The predicted octanol–water partition coefficient (Wildman–Crippen LogP) is 3.29. The second kappa shape index (κ2) is 7.55. The van der Waals surface area contributed by atoms with Gasteiger partial charge in [-0.05, 0) is 18.3 Å². The van der Waals surface area contributed by atoms with Gasteiger partial charge < -0.3 is 9.80 Å². The molecule has 2 aromatic rings. The fourth-order valence-corrected chi connectivity index (χ4v) is 6.88. The molecular formula is C28H35N2O2+. The molecule has 0 spiro atoms. The molecule has 5 rings (SSSR count). The predicted molar refractivity (Wildman–Crippen MR) is 125 cm³/mol. The monoisotopic (exact) mass is 431 g/mol. The molecule has 2 atom stereocenters. The molecule has 168 valence electrons. The third-order valence-electron chi connectivity index (χ3n) is 9.48. The number of nitrogens with one attached hydrogen (secondary N) is 1. The van der Waals surface area contributed by atoms with Crippen molar-refractivity contribution >= 4 is 11.7 Å². The maximum absolute atomic E-state index is 13.9. The van der Waals surface area contributed by atoms with Crippen LogP contribution in [0.4, 0.5) is 0 Å². The lowest BCUT2D eigenvalue weighted by molar-refractivity contribution is -0.929. The number of amides is 1. The van der Waals surface area contributed by atoms with Crippen LogP contribution in [0.2, 0.25) is 0 Å². The number of fused-ring (bicyclic) bond motifs is 2. The van der Waals surface area contributed by atoms with E-state index in [0.717, 1.165) is 39.0 Å². The van der Waals surface area contributed by atoms with Gasteiger partial charge in [-0.3, -0.25) is 9.59 Å². The van der Waals surface area contributed by atoms with Crippen LogP contribution < -0.4 is 4.90 Å². The maximum Gasteiger partial charge on any atom is 0.230 e. The van der Waals surface area contributed by atoms with Gasteiger partial charge in [0.05, 0.1) is 31.6 Å². The zero-order valence-corrected chi connectivity index (χ0v) is 19.6. The van der Waals surface area contributed by atoms with Gasteiger partial charge in [-0.15, -0.1) is 0 Å². The highest BCUT2D eigenvalue weighted by Crippen LogP contribution is 2.71. The van der Waals surface area contributed by atoms with Crippen molar-refractivity contribution in [1.82, 2.24) is 4.90 Å². The zero-order valence-electron chi connectivity index (χ0n) is 19.6. The van der Waals surface area contributed by atoms with Crippen LogP contribution in [0.25, 0.3) is 0 Å². The van der Waals surface area contributed by atoms with Gasteiger partial charge in [0.1, 0.15) is 11.8 Å². The first-order chi connectivity index (χ1) is 15.3. The molecule has 0 unspecified atom stereocenters. The van der Waals surface area contributed by atoms with Crippen molar-refractivity contribution in [3.63, 3.8) is 0 Å².